The van der Waals surface area contributed by atoms with E-state index in [1.165, 1.54) is 18.3 Å². The van der Waals surface area contributed by atoms with E-state index in [2.05, 4.69) is 4.98 Å². The maximum Gasteiger partial charge on any atom is 0.336 e. The summed E-state index contributed by atoms with van der Waals surface area (Å²) in [7, 11) is 0. The van der Waals surface area contributed by atoms with Gasteiger partial charge in [-0.3, -0.25) is 4.98 Å². The molecule has 0 saturated carbocycles. The van der Waals surface area contributed by atoms with E-state index in [1.807, 2.05) is 12.1 Å². The lowest BCUT2D eigenvalue weighted by Crippen LogP contribution is -2.04. The van der Waals surface area contributed by atoms with Crippen LogP contribution in [0.3, 0.4) is 0 Å². The monoisotopic (exact) mass is 283 g/mol. The first kappa shape index (κ1) is 13.5. The van der Waals surface area contributed by atoms with Crippen LogP contribution in [0.25, 0.3) is 6.08 Å². The number of rotatable bonds is 3. The standard InChI is InChI=1S/C17H14FNO2/c1-10-6-11(2-3-15(10)18)7-12-8-14-13(17(20)21)4-5-19-16(14)9-12/h2-6,9H,7-8H2,1H3,(H,20,21). The summed E-state index contributed by atoms with van der Waals surface area (Å²) >= 11 is 0. The van der Waals surface area contributed by atoms with Crippen molar-refractivity contribution in [1.82, 2.24) is 4.98 Å². The summed E-state index contributed by atoms with van der Waals surface area (Å²) in [5.41, 5.74) is 4.53. The zero-order valence-electron chi connectivity index (χ0n) is 11.6. The molecule has 106 valence electrons. The fraction of sp³-hybridized carbons (Fsp3) is 0.176. The van der Waals surface area contributed by atoms with Crippen molar-refractivity contribution in [2.24, 2.45) is 0 Å². The fourth-order valence-corrected chi connectivity index (χ4v) is 2.68. The van der Waals surface area contributed by atoms with Gasteiger partial charge in [-0.2, -0.15) is 0 Å². The number of carbonyl (C=O) groups is 1. The van der Waals surface area contributed by atoms with Gasteiger partial charge in [-0.25, -0.2) is 9.18 Å². The zero-order valence-corrected chi connectivity index (χ0v) is 11.6. The molecule has 1 aliphatic carbocycles. The Hall–Kier alpha value is -2.49. The van der Waals surface area contributed by atoms with E-state index in [4.69, 9.17) is 0 Å². The van der Waals surface area contributed by atoms with Gasteiger partial charge >= 0.3 is 5.97 Å². The van der Waals surface area contributed by atoms with E-state index in [1.54, 1.807) is 13.0 Å². The Morgan fingerprint density at radius 1 is 1.38 bits per heavy atom. The summed E-state index contributed by atoms with van der Waals surface area (Å²) in [6.45, 7) is 1.74. The van der Waals surface area contributed by atoms with E-state index in [9.17, 15) is 14.3 Å². The molecule has 0 aliphatic heterocycles. The molecule has 1 N–H and O–H groups in total. The van der Waals surface area contributed by atoms with Crippen molar-refractivity contribution in [3.8, 4) is 0 Å². The van der Waals surface area contributed by atoms with E-state index < -0.39 is 5.97 Å². The summed E-state index contributed by atoms with van der Waals surface area (Å²) in [6, 6.07) is 6.58. The molecule has 1 heterocycles. The van der Waals surface area contributed by atoms with Crippen molar-refractivity contribution in [3.63, 3.8) is 0 Å². The lowest BCUT2D eigenvalue weighted by Gasteiger charge is -2.06. The summed E-state index contributed by atoms with van der Waals surface area (Å²) < 4.78 is 13.3. The molecule has 1 aromatic carbocycles. The van der Waals surface area contributed by atoms with Gasteiger partial charge in [-0.05, 0) is 54.7 Å². The third-order valence-electron chi connectivity index (χ3n) is 3.72. The number of nitrogens with zero attached hydrogens (tertiary/aromatic N) is 1. The summed E-state index contributed by atoms with van der Waals surface area (Å²) in [4.78, 5) is 15.4. The smallest absolute Gasteiger partial charge is 0.336 e. The highest BCUT2D eigenvalue weighted by Crippen LogP contribution is 2.28. The highest BCUT2D eigenvalue weighted by Gasteiger charge is 2.20. The highest BCUT2D eigenvalue weighted by molar-refractivity contribution is 5.91. The summed E-state index contributed by atoms with van der Waals surface area (Å²) in [5.74, 6) is -1.14. The van der Waals surface area contributed by atoms with Gasteiger partial charge in [-0.15, -0.1) is 0 Å². The number of hydrogen-bond acceptors (Lipinski definition) is 2. The normalized spacial score (nSPS) is 13.0. The van der Waals surface area contributed by atoms with E-state index in [0.717, 1.165) is 22.4 Å². The Balaban J connectivity index is 1.85. The minimum absolute atomic E-state index is 0.211. The van der Waals surface area contributed by atoms with Crippen LogP contribution in [0, 0.1) is 12.7 Å². The molecular formula is C17H14FNO2. The summed E-state index contributed by atoms with van der Waals surface area (Å²) in [6.07, 6.45) is 4.71. The molecular weight excluding hydrogens is 269 g/mol. The van der Waals surface area contributed by atoms with Crippen molar-refractivity contribution in [3.05, 3.63) is 69.8 Å². The van der Waals surface area contributed by atoms with Crippen LogP contribution in [0.2, 0.25) is 0 Å². The van der Waals surface area contributed by atoms with E-state index >= 15 is 0 Å². The number of halogens is 1. The predicted molar refractivity (Wildman–Crippen MR) is 77.7 cm³/mol. The Labute approximate surface area is 121 Å². The molecule has 1 aromatic heterocycles. The SMILES string of the molecule is Cc1cc(CC2=Cc3nccc(C(=O)O)c3C2)ccc1F. The van der Waals surface area contributed by atoms with Crippen LogP contribution < -0.4 is 0 Å². The summed E-state index contributed by atoms with van der Waals surface area (Å²) in [5, 5.41) is 9.20. The topological polar surface area (TPSA) is 50.2 Å². The van der Waals surface area contributed by atoms with Crippen molar-refractivity contribution >= 4 is 12.0 Å². The number of aromatic carboxylic acids is 1. The fourth-order valence-electron chi connectivity index (χ4n) is 2.68. The molecule has 0 unspecified atom stereocenters. The lowest BCUT2D eigenvalue weighted by atomic mass is 10.00. The first-order chi connectivity index (χ1) is 10.0. The second-order valence-corrected chi connectivity index (χ2v) is 5.27. The first-order valence-electron chi connectivity index (χ1n) is 6.70. The van der Waals surface area contributed by atoms with Crippen molar-refractivity contribution < 1.29 is 14.3 Å². The van der Waals surface area contributed by atoms with Gasteiger partial charge in [0.25, 0.3) is 0 Å². The van der Waals surface area contributed by atoms with E-state index in [0.29, 0.717) is 24.0 Å². The van der Waals surface area contributed by atoms with Crippen LogP contribution in [0.15, 0.2) is 36.0 Å². The number of carboxylic acid groups (broad SMARTS) is 1. The second kappa shape index (κ2) is 5.13. The maximum absolute atomic E-state index is 13.3. The van der Waals surface area contributed by atoms with Crippen LogP contribution in [0.4, 0.5) is 4.39 Å². The molecule has 0 amide bonds. The third kappa shape index (κ3) is 2.57. The van der Waals surface area contributed by atoms with Gasteiger partial charge < -0.3 is 5.11 Å². The van der Waals surface area contributed by atoms with Crippen LogP contribution in [-0.2, 0) is 12.8 Å². The van der Waals surface area contributed by atoms with Gasteiger partial charge in [0.1, 0.15) is 5.82 Å². The van der Waals surface area contributed by atoms with Crippen LogP contribution in [-0.4, -0.2) is 16.1 Å². The van der Waals surface area contributed by atoms with Crippen LogP contribution in [0.5, 0.6) is 0 Å². The molecule has 0 spiro atoms. The molecule has 1 aliphatic rings. The van der Waals surface area contributed by atoms with Gasteiger partial charge in [0, 0.05) is 6.20 Å². The van der Waals surface area contributed by atoms with E-state index in [-0.39, 0.29) is 5.82 Å². The number of aromatic nitrogens is 1. The minimum Gasteiger partial charge on any atom is -0.478 e. The molecule has 0 fully saturated rings. The number of hydrogen-bond donors (Lipinski definition) is 1. The Kier molecular flexibility index (Phi) is 3.29. The number of allylic oxidation sites excluding steroid dienone is 1. The molecule has 0 radical (unpaired) electrons. The zero-order chi connectivity index (χ0) is 15.0. The molecule has 2 aromatic rings. The van der Waals surface area contributed by atoms with Crippen molar-refractivity contribution in [1.29, 1.82) is 0 Å². The minimum atomic E-state index is -0.930. The van der Waals surface area contributed by atoms with Gasteiger partial charge in [0.2, 0.25) is 0 Å². The number of benzene rings is 1. The molecule has 21 heavy (non-hydrogen) atoms. The lowest BCUT2D eigenvalue weighted by molar-refractivity contribution is 0.0695. The number of aryl methyl sites for hydroxylation is 1. The molecule has 0 bridgehead atoms. The van der Waals surface area contributed by atoms with Gasteiger partial charge in [0.15, 0.2) is 0 Å². The first-order valence-corrected chi connectivity index (χ1v) is 6.70. The molecule has 3 nitrogen and oxygen atoms in total. The van der Waals surface area contributed by atoms with Gasteiger partial charge in [-0.1, -0.05) is 17.7 Å². The van der Waals surface area contributed by atoms with Crippen LogP contribution >= 0.6 is 0 Å². The second-order valence-electron chi connectivity index (χ2n) is 5.27. The Bertz CT molecular complexity index is 765. The van der Waals surface area contributed by atoms with Crippen LogP contribution in [0.1, 0.15) is 32.7 Å². The molecule has 4 heteroatoms. The largest absolute Gasteiger partial charge is 0.478 e. The third-order valence-corrected chi connectivity index (χ3v) is 3.72. The Morgan fingerprint density at radius 2 is 2.19 bits per heavy atom. The quantitative estimate of drug-likeness (QED) is 0.939. The van der Waals surface area contributed by atoms with Crippen molar-refractivity contribution in [2.75, 3.05) is 0 Å². The Morgan fingerprint density at radius 3 is 2.90 bits per heavy atom. The number of carboxylic acids is 1. The average molecular weight is 283 g/mol. The molecule has 0 saturated heterocycles. The van der Waals surface area contributed by atoms with Crippen molar-refractivity contribution in [2.45, 2.75) is 19.8 Å². The maximum atomic E-state index is 13.3. The number of fused-ring (bicyclic) bond motifs is 1. The van der Waals surface area contributed by atoms with Gasteiger partial charge in [0.05, 0.1) is 11.3 Å². The molecule has 0 atom stereocenters. The average Bonchev–Trinajstić information content (AvgIpc) is 2.84. The molecule has 3 rings (SSSR count). The highest BCUT2D eigenvalue weighted by atomic mass is 19.1. The number of pyridine rings is 1. The predicted octanol–water partition coefficient (Wildman–Crippen LogP) is 3.41.